The van der Waals surface area contributed by atoms with Crippen LogP contribution >= 0.6 is 0 Å². The van der Waals surface area contributed by atoms with E-state index < -0.39 is 5.97 Å². The van der Waals surface area contributed by atoms with Crippen LogP contribution < -0.4 is 14.8 Å². The Bertz CT molecular complexity index is 679. The van der Waals surface area contributed by atoms with E-state index in [1.165, 1.54) is 7.11 Å². The van der Waals surface area contributed by atoms with Crippen LogP contribution in [-0.4, -0.2) is 19.9 Å². The Morgan fingerprint density at radius 3 is 2.91 bits per heavy atom. The minimum absolute atomic E-state index is 0.0983. The summed E-state index contributed by atoms with van der Waals surface area (Å²) >= 11 is 0. The Morgan fingerprint density at radius 2 is 2.09 bits per heavy atom. The summed E-state index contributed by atoms with van der Waals surface area (Å²) in [5, 5.41) is 3.33. The first-order chi connectivity index (χ1) is 10.7. The molecular formula is C16H17NO5. The molecule has 116 valence electrons. The number of furan rings is 1. The zero-order valence-corrected chi connectivity index (χ0v) is 12.4. The van der Waals surface area contributed by atoms with Crippen molar-refractivity contribution in [2.75, 3.05) is 13.9 Å². The van der Waals surface area contributed by atoms with Crippen LogP contribution in [0.2, 0.25) is 0 Å². The van der Waals surface area contributed by atoms with Crippen molar-refractivity contribution in [3.8, 4) is 11.5 Å². The zero-order chi connectivity index (χ0) is 15.5. The topological polar surface area (TPSA) is 69.9 Å². The quantitative estimate of drug-likeness (QED) is 0.856. The lowest BCUT2D eigenvalue weighted by Gasteiger charge is -2.13. The molecule has 6 heteroatoms. The molecule has 2 heterocycles. The number of hydrogen-bond donors (Lipinski definition) is 1. The second kappa shape index (κ2) is 6.11. The van der Waals surface area contributed by atoms with Crippen molar-refractivity contribution >= 4 is 5.97 Å². The maximum atomic E-state index is 11.3. The molecule has 1 aromatic carbocycles. The summed E-state index contributed by atoms with van der Waals surface area (Å²) < 4.78 is 20.7. The molecule has 0 fully saturated rings. The Morgan fingerprint density at radius 1 is 1.27 bits per heavy atom. The van der Waals surface area contributed by atoms with Crippen molar-refractivity contribution in [2.24, 2.45) is 0 Å². The molecule has 0 aliphatic carbocycles. The van der Waals surface area contributed by atoms with Crippen LogP contribution in [0.5, 0.6) is 11.5 Å². The molecule has 1 aliphatic rings. The molecule has 0 bridgehead atoms. The Hall–Kier alpha value is -2.47. The van der Waals surface area contributed by atoms with Gasteiger partial charge in [0.25, 0.3) is 0 Å². The fourth-order valence-corrected chi connectivity index (χ4v) is 2.24. The second-order valence-electron chi connectivity index (χ2n) is 4.97. The molecule has 1 N–H and O–H groups in total. The largest absolute Gasteiger partial charge is 0.463 e. The number of nitrogens with one attached hydrogen (secondary N) is 1. The van der Waals surface area contributed by atoms with Crippen LogP contribution in [0.4, 0.5) is 0 Å². The molecule has 3 rings (SSSR count). The summed E-state index contributed by atoms with van der Waals surface area (Å²) in [6.07, 6.45) is 0. The highest BCUT2D eigenvalue weighted by atomic mass is 16.7. The molecule has 2 aromatic rings. The molecule has 22 heavy (non-hydrogen) atoms. The number of ether oxygens (including phenoxy) is 3. The monoisotopic (exact) mass is 303 g/mol. The minimum atomic E-state index is -0.477. The molecule has 1 aliphatic heterocycles. The van der Waals surface area contributed by atoms with Gasteiger partial charge in [0.05, 0.1) is 13.7 Å². The standard InChI is InChI=1S/C16H17NO5/c1-10(11-3-5-13-15(7-11)21-9-20-13)17-8-12-4-6-14(22-12)16(18)19-2/h3-7,10,17H,8-9H2,1-2H3. The number of esters is 1. The lowest BCUT2D eigenvalue weighted by Crippen LogP contribution is -2.17. The van der Waals surface area contributed by atoms with E-state index in [1.807, 2.05) is 25.1 Å². The number of carbonyl (C=O) groups excluding carboxylic acids is 1. The summed E-state index contributed by atoms with van der Waals surface area (Å²) in [5.41, 5.74) is 1.09. The van der Waals surface area contributed by atoms with Crippen LogP contribution in [0.3, 0.4) is 0 Å². The van der Waals surface area contributed by atoms with Gasteiger partial charge in [0.15, 0.2) is 11.5 Å². The first-order valence-electron chi connectivity index (χ1n) is 6.97. The van der Waals surface area contributed by atoms with Gasteiger partial charge in [-0.15, -0.1) is 0 Å². The van der Waals surface area contributed by atoms with Gasteiger partial charge in [-0.1, -0.05) is 6.07 Å². The molecule has 6 nitrogen and oxygen atoms in total. The van der Waals surface area contributed by atoms with E-state index in [0.717, 1.165) is 17.1 Å². The average Bonchev–Trinajstić information content (AvgIpc) is 3.19. The Kier molecular flexibility index (Phi) is 4.02. The van der Waals surface area contributed by atoms with Crippen molar-refractivity contribution in [1.29, 1.82) is 0 Å². The van der Waals surface area contributed by atoms with Gasteiger partial charge in [0, 0.05) is 6.04 Å². The highest BCUT2D eigenvalue weighted by Gasteiger charge is 2.16. The fraction of sp³-hybridized carbons (Fsp3) is 0.312. The average molecular weight is 303 g/mol. The van der Waals surface area contributed by atoms with E-state index in [0.29, 0.717) is 12.3 Å². The lowest BCUT2D eigenvalue weighted by molar-refractivity contribution is 0.0563. The third-order valence-electron chi connectivity index (χ3n) is 3.53. The van der Waals surface area contributed by atoms with Gasteiger partial charge in [-0.25, -0.2) is 4.79 Å². The fourth-order valence-electron chi connectivity index (χ4n) is 2.24. The van der Waals surface area contributed by atoms with Gasteiger partial charge >= 0.3 is 5.97 Å². The molecule has 0 amide bonds. The summed E-state index contributed by atoms with van der Waals surface area (Å²) in [6.45, 7) is 2.82. The molecule has 0 saturated heterocycles. The van der Waals surface area contributed by atoms with Gasteiger partial charge in [-0.3, -0.25) is 0 Å². The second-order valence-corrected chi connectivity index (χ2v) is 4.97. The van der Waals surface area contributed by atoms with Crippen molar-refractivity contribution in [3.05, 3.63) is 47.4 Å². The van der Waals surface area contributed by atoms with Crippen molar-refractivity contribution in [2.45, 2.75) is 19.5 Å². The molecule has 1 aromatic heterocycles. The van der Waals surface area contributed by atoms with Gasteiger partial charge in [0.1, 0.15) is 5.76 Å². The van der Waals surface area contributed by atoms with E-state index in [4.69, 9.17) is 13.9 Å². The predicted molar refractivity (Wildman–Crippen MR) is 77.9 cm³/mol. The zero-order valence-electron chi connectivity index (χ0n) is 12.4. The van der Waals surface area contributed by atoms with Crippen LogP contribution in [0.15, 0.2) is 34.7 Å². The summed E-state index contributed by atoms with van der Waals surface area (Å²) in [7, 11) is 1.32. The molecule has 0 saturated carbocycles. The van der Waals surface area contributed by atoms with Crippen molar-refractivity contribution < 1.29 is 23.4 Å². The number of methoxy groups -OCH3 is 1. The van der Waals surface area contributed by atoms with Crippen LogP contribution in [0.25, 0.3) is 0 Å². The molecule has 1 atom stereocenters. The predicted octanol–water partition coefficient (Wildman–Crippen LogP) is 2.65. The van der Waals surface area contributed by atoms with Gasteiger partial charge < -0.3 is 23.9 Å². The highest BCUT2D eigenvalue weighted by Crippen LogP contribution is 2.34. The van der Waals surface area contributed by atoms with Crippen LogP contribution in [0, 0.1) is 0 Å². The molecule has 0 spiro atoms. The first kappa shape index (κ1) is 14.5. The minimum Gasteiger partial charge on any atom is -0.463 e. The summed E-state index contributed by atoms with van der Waals surface area (Å²) in [4.78, 5) is 11.3. The van der Waals surface area contributed by atoms with E-state index >= 15 is 0 Å². The van der Waals surface area contributed by atoms with E-state index in [2.05, 4.69) is 10.1 Å². The Balaban J connectivity index is 1.61. The maximum absolute atomic E-state index is 11.3. The number of benzene rings is 1. The van der Waals surface area contributed by atoms with Crippen molar-refractivity contribution in [3.63, 3.8) is 0 Å². The van der Waals surface area contributed by atoms with Crippen LogP contribution in [0.1, 0.15) is 34.8 Å². The number of fused-ring (bicyclic) bond motifs is 1. The molecule has 1 unspecified atom stereocenters. The molecule has 0 radical (unpaired) electrons. The first-order valence-corrected chi connectivity index (χ1v) is 6.97. The third kappa shape index (κ3) is 2.92. The van der Waals surface area contributed by atoms with Gasteiger partial charge in [0.2, 0.25) is 12.6 Å². The van der Waals surface area contributed by atoms with E-state index in [-0.39, 0.29) is 18.6 Å². The maximum Gasteiger partial charge on any atom is 0.373 e. The highest BCUT2D eigenvalue weighted by molar-refractivity contribution is 5.86. The van der Waals surface area contributed by atoms with E-state index in [9.17, 15) is 4.79 Å². The number of carbonyl (C=O) groups is 1. The summed E-state index contributed by atoms with van der Waals surface area (Å²) in [5.74, 6) is 1.93. The normalized spacial score (nSPS) is 13.9. The summed E-state index contributed by atoms with van der Waals surface area (Å²) in [6, 6.07) is 9.31. The van der Waals surface area contributed by atoms with Gasteiger partial charge in [-0.05, 0) is 36.8 Å². The molecular weight excluding hydrogens is 286 g/mol. The van der Waals surface area contributed by atoms with Gasteiger partial charge in [-0.2, -0.15) is 0 Å². The van der Waals surface area contributed by atoms with Crippen LogP contribution in [-0.2, 0) is 11.3 Å². The Labute approximate surface area is 128 Å². The SMILES string of the molecule is COC(=O)c1ccc(CNC(C)c2ccc3c(c2)OCO3)o1. The lowest BCUT2D eigenvalue weighted by atomic mass is 10.1. The third-order valence-corrected chi connectivity index (χ3v) is 3.53. The number of rotatable bonds is 5. The van der Waals surface area contributed by atoms with Crippen molar-refractivity contribution in [1.82, 2.24) is 5.32 Å². The number of hydrogen-bond acceptors (Lipinski definition) is 6. The smallest absolute Gasteiger partial charge is 0.373 e. The van der Waals surface area contributed by atoms with E-state index in [1.54, 1.807) is 12.1 Å².